The Balaban J connectivity index is 1.52. The largest absolute Gasteiger partial charge is 0.438 e. The smallest absolute Gasteiger partial charge is 0.261 e. The van der Waals surface area contributed by atoms with E-state index in [4.69, 9.17) is 4.74 Å². The summed E-state index contributed by atoms with van der Waals surface area (Å²) in [7, 11) is 0. The number of para-hydroxylation sites is 2. The van der Waals surface area contributed by atoms with Crippen LogP contribution in [0.25, 0.3) is 0 Å². The molecule has 1 aliphatic rings. The monoisotopic (exact) mass is 387 g/mol. The first-order valence-corrected chi connectivity index (χ1v) is 9.57. The summed E-state index contributed by atoms with van der Waals surface area (Å²) in [5.74, 6) is 0.770. The number of hydrogen-bond donors (Lipinski definition) is 2. The van der Waals surface area contributed by atoms with E-state index in [0.717, 1.165) is 12.8 Å². The zero-order chi connectivity index (χ0) is 20.1. The summed E-state index contributed by atoms with van der Waals surface area (Å²) in [5, 5.41) is 5.75. The van der Waals surface area contributed by atoms with Crippen LogP contribution in [0.15, 0.2) is 72.9 Å². The van der Waals surface area contributed by atoms with Crippen molar-refractivity contribution in [3.63, 3.8) is 0 Å². The van der Waals surface area contributed by atoms with Crippen LogP contribution in [0.1, 0.15) is 33.6 Å². The number of anilines is 1. The van der Waals surface area contributed by atoms with Gasteiger partial charge in [0.1, 0.15) is 11.3 Å². The molecular weight excluding hydrogens is 366 g/mol. The van der Waals surface area contributed by atoms with Gasteiger partial charge in [0, 0.05) is 12.7 Å². The minimum Gasteiger partial charge on any atom is -0.438 e. The van der Waals surface area contributed by atoms with Gasteiger partial charge in [-0.1, -0.05) is 30.3 Å². The minimum absolute atomic E-state index is 0.195. The van der Waals surface area contributed by atoms with Crippen molar-refractivity contribution >= 4 is 17.5 Å². The molecule has 1 aliphatic carbocycles. The van der Waals surface area contributed by atoms with E-state index in [0.29, 0.717) is 29.5 Å². The summed E-state index contributed by atoms with van der Waals surface area (Å²) >= 11 is 0. The van der Waals surface area contributed by atoms with E-state index < -0.39 is 5.91 Å². The normalized spacial score (nSPS) is 12.8. The Kier molecular flexibility index (Phi) is 5.52. The average molecular weight is 387 g/mol. The van der Waals surface area contributed by atoms with Crippen molar-refractivity contribution in [2.75, 3.05) is 11.9 Å². The first kappa shape index (κ1) is 18.7. The lowest BCUT2D eigenvalue weighted by Crippen LogP contribution is -2.27. The molecule has 0 saturated heterocycles. The molecule has 0 radical (unpaired) electrons. The van der Waals surface area contributed by atoms with Crippen molar-refractivity contribution in [2.45, 2.75) is 12.8 Å². The predicted molar refractivity (Wildman–Crippen MR) is 110 cm³/mol. The SMILES string of the molecule is O=C(NCC1CC1)c1ccccc1NC(=O)c1cccnc1Oc1ccccc1. The average Bonchev–Trinajstić information content (AvgIpc) is 3.58. The number of ether oxygens (including phenoxy) is 1. The van der Waals surface area contributed by atoms with Crippen LogP contribution >= 0.6 is 0 Å². The molecule has 4 rings (SSSR count). The van der Waals surface area contributed by atoms with E-state index in [1.165, 1.54) is 0 Å². The van der Waals surface area contributed by atoms with Gasteiger partial charge in [-0.05, 0) is 55.2 Å². The maximum atomic E-state index is 12.9. The van der Waals surface area contributed by atoms with E-state index in [1.807, 2.05) is 18.2 Å². The number of amides is 2. The van der Waals surface area contributed by atoms with Gasteiger partial charge in [0.05, 0.1) is 11.3 Å². The second-order valence-corrected chi connectivity index (χ2v) is 6.92. The maximum Gasteiger partial charge on any atom is 0.261 e. The quantitative estimate of drug-likeness (QED) is 0.635. The van der Waals surface area contributed by atoms with Crippen LogP contribution in [0.4, 0.5) is 5.69 Å². The van der Waals surface area contributed by atoms with Crippen LogP contribution in [0, 0.1) is 5.92 Å². The second kappa shape index (κ2) is 8.56. The first-order valence-electron chi connectivity index (χ1n) is 9.57. The third-order valence-electron chi connectivity index (χ3n) is 4.64. The van der Waals surface area contributed by atoms with Crippen molar-refractivity contribution in [3.05, 3.63) is 84.1 Å². The molecular formula is C23H21N3O3. The maximum absolute atomic E-state index is 12.9. The molecule has 0 unspecified atom stereocenters. The summed E-state index contributed by atoms with van der Waals surface area (Å²) in [5.41, 5.74) is 1.15. The highest BCUT2D eigenvalue weighted by Crippen LogP contribution is 2.28. The van der Waals surface area contributed by atoms with Gasteiger partial charge in [0.2, 0.25) is 5.88 Å². The number of carbonyl (C=O) groups is 2. The molecule has 2 aromatic carbocycles. The number of benzene rings is 2. The Morgan fingerprint density at radius 1 is 0.897 bits per heavy atom. The molecule has 1 heterocycles. The minimum atomic E-state index is -0.397. The lowest BCUT2D eigenvalue weighted by Gasteiger charge is -2.13. The Labute approximate surface area is 168 Å². The number of nitrogens with one attached hydrogen (secondary N) is 2. The lowest BCUT2D eigenvalue weighted by molar-refractivity contribution is 0.0952. The molecule has 0 spiro atoms. The van der Waals surface area contributed by atoms with Crippen molar-refractivity contribution < 1.29 is 14.3 Å². The topological polar surface area (TPSA) is 80.3 Å². The molecule has 1 saturated carbocycles. The van der Waals surface area contributed by atoms with Crippen molar-refractivity contribution in [3.8, 4) is 11.6 Å². The van der Waals surface area contributed by atoms with E-state index >= 15 is 0 Å². The first-order chi connectivity index (χ1) is 14.2. The Morgan fingerprint density at radius 2 is 1.62 bits per heavy atom. The fraction of sp³-hybridized carbons (Fsp3) is 0.174. The van der Waals surface area contributed by atoms with Crippen molar-refractivity contribution in [1.29, 1.82) is 0 Å². The number of nitrogens with zero attached hydrogens (tertiary/aromatic N) is 1. The van der Waals surface area contributed by atoms with Gasteiger partial charge in [-0.15, -0.1) is 0 Å². The van der Waals surface area contributed by atoms with E-state index in [1.54, 1.807) is 54.7 Å². The van der Waals surface area contributed by atoms with Gasteiger partial charge in [-0.25, -0.2) is 4.98 Å². The molecule has 2 N–H and O–H groups in total. The molecule has 6 nitrogen and oxygen atoms in total. The van der Waals surface area contributed by atoms with Gasteiger partial charge in [0.15, 0.2) is 0 Å². The van der Waals surface area contributed by atoms with Crippen LogP contribution in [0.5, 0.6) is 11.6 Å². The zero-order valence-corrected chi connectivity index (χ0v) is 15.8. The number of carbonyl (C=O) groups excluding carboxylic acids is 2. The second-order valence-electron chi connectivity index (χ2n) is 6.92. The predicted octanol–water partition coefficient (Wildman–Crippen LogP) is 4.27. The van der Waals surface area contributed by atoms with E-state index in [-0.39, 0.29) is 17.4 Å². The van der Waals surface area contributed by atoms with Crippen LogP contribution < -0.4 is 15.4 Å². The van der Waals surface area contributed by atoms with Gasteiger partial charge >= 0.3 is 0 Å². The molecule has 2 amide bonds. The van der Waals surface area contributed by atoms with Crippen LogP contribution in [0.2, 0.25) is 0 Å². The molecule has 0 atom stereocenters. The summed E-state index contributed by atoms with van der Waals surface area (Å²) in [4.78, 5) is 29.6. The molecule has 1 fully saturated rings. The van der Waals surface area contributed by atoms with E-state index in [9.17, 15) is 9.59 Å². The highest BCUT2D eigenvalue weighted by molar-refractivity contribution is 6.09. The fourth-order valence-electron chi connectivity index (χ4n) is 2.88. The van der Waals surface area contributed by atoms with Gasteiger partial charge in [-0.3, -0.25) is 9.59 Å². The Morgan fingerprint density at radius 3 is 2.41 bits per heavy atom. The van der Waals surface area contributed by atoms with Crippen molar-refractivity contribution in [1.82, 2.24) is 10.3 Å². The number of hydrogen-bond acceptors (Lipinski definition) is 4. The highest BCUT2D eigenvalue weighted by atomic mass is 16.5. The van der Waals surface area contributed by atoms with Crippen LogP contribution in [-0.4, -0.2) is 23.3 Å². The number of rotatable bonds is 7. The van der Waals surface area contributed by atoms with Crippen LogP contribution in [-0.2, 0) is 0 Å². The molecule has 6 heteroatoms. The Hall–Kier alpha value is -3.67. The van der Waals surface area contributed by atoms with Gasteiger partial charge in [0.25, 0.3) is 11.8 Å². The molecule has 1 aromatic heterocycles. The molecule has 0 bridgehead atoms. The zero-order valence-electron chi connectivity index (χ0n) is 15.8. The molecule has 29 heavy (non-hydrogen) atoms. The standard InChI is InChI=1S/C23H21N3O3/c27-21(25-15-16-12-13-16)18-9-4-5-11-20(18)26-22(28)19-10-6-14-24-23(19)29-17-7-2-1-3-8-17/h1-11,14,16H,12-13,15H2,(H,25,27)(H,26,28). The molecule has 3 aromatic rings. The Bertz CT molecular complexity index is 1020. The number of aromatic nitrogens is 1. The summed E-state index contributed by atoms with van der Waals surface area (Å²) in [6.45, 7) is 0.665. The van der Waals surface area contributed by atoms with Crippen LogP contribution in [0.3, 0.4) is 0 Å². The van der Waals surface area contributed by atoms with Crippen molar-refractivity contribution in [2.24, 2.45) is 5.92 Å². The highest BCUT2D eigenvalue weighted by Gasteiger charge is 2.23. The third kappa shape index (κ3) is 4.79. The fourth-order valence-corrected chi connectivity index (χ4v) is 2.88. The van der Waals surface area contributed by atoms with E-state index in [2.05, 4.69) is 15.6 Å². The van der Waals surface area contributed by atoms with Gasteiger partial charge < -0.3 is 15.4 Å². The van der Waals surface area contributed by atoms with Gasteiger partial charge in [-0.2, -0.15) is 0 Å². The summed E-state index contributed by atoms with van der Waals surface area (Å²) in [6.07, 6.45) is 3.88. The third-order valence-corrected chi connectivity index (χ3v) is 4.64. The summed E-state index contributed by atoms with van der Waals surface area (Å²) in [6, 6.07) is 19.4. The number of pyridine rings is 1. The lowest BCUT2D eigenvalue weighted by atomic mass is 10.1. The molecule has 146 valence electrons. The molecule has 0 aliphatic heterocycles. The summed E-state index contributed by atoms with van der Waals surface area (Å²) < 4.78 is 5.77.